The molecule has 1 heterocycles. The number of aromatic nitrogens is 3. The first-order chi connectivity index (χ1) is 8.79. The summed E-state index contributed by atoms with van der Waals surface area (Å²) in [6, 6.07) is 0. The summed E-state index contributed by atoms with van der Waals surface area (Å²) in [6.07, 6.45) is 0. The highest BCUT2D eigenvalue weighted by Gasteiger charge is 2.14. The van der Waals surface area contributed by atoms with E-state index in [9.17, 15) is 14.4 Å². The molecule has 0 aliphatic rings. The van der Waals surface area contributed by atoms with E-state index in [0.29, 0.717) is 12.1 Å². The van der Waals surface area contributed by atoms with E-state index >= 15 is 0 Å². The Hall–Kier alpha value is -1.85. The summed E-state index contributed by atoms with van der Waals surface area (Å²) < 4.78 is 3.26. The molecule has 0 atom stereocenters. The molecule has 19 heavy (non-hydrogen) atoms. The van der Waals surface area contributed by atoms with Gasteiger partial charge in [-0.15, -0.1) is 0 Å². The van der Waals surface area contributed by atoms with Crippen molar-refractivity contribution in [2.24, 2.45) is 5.92 Å². The number of hydrogen-bond acceptors (Lipinski definition) is 3. The quantitative estimate of drug-likeness (QED) is 0.726. The van der Waals surface area contributed by atoms with Gasteiger partial charge in [-0.3, -0.25) is 0 Å². The summed E-state index contributed by atoms with van der Waals surface area (Å²) in [6.45, 7) is 11.7. The van der Waals surface area contributed by atoms with Crippen LogP contribution in [0.15, 0.2) is 26.5 Å². The molecule has 0 N–H and O–H groups in total. The van der Waals surface area contributed by atoms with Crippen molar-refractivity contribution < 1.29 is 0 Å². The van der Waals surface area contributed by atoms with Gasteiger partial charge in [0.1, 0.15) is 0 Å². The predicted molar refractivity (Wildman–Crippen MR) is 74.5 cm³/mol. The summed E-state index contributed by atoms with van der Waals surface area (Å²) >= 11 is 0. The average molecular weight is 267 g/mol. The maximum absolute atomic E-state index is 12.2. The smallest absolute Gasteiger partial charge is 0.247 e. The topological polar surface area (TPSA) is 66.0 Å². The van der Waals surface area contributed by atoms with Crippen molar-refractivity contribution in [2.45, 2.75) is 47.3 Å². The molecule has 0 radical (unpaired) electrons. The van der Waals surface area contributed by atoms with Crippen LogP contribution in [0.5, 0.6) is 0 Å². The van der Waals surface area contributed by atoms with Gasteiger partial charge >= 0.3 is 17.1 Å². The molecule has 0 aliphatic heterocycles. The first-order valence-electron chi connectivity index (χ1n) is 6.38. The van der Waals surface area contributed by atoms with Crippen LogP contribution in [0.3, 0.4) is 0 Å². The van der Waals surface area contributed by atoms with Gasteiger partial charge in [0.05, 0.1) is 6.54 Å². The van der Waals surface area contributed by atoms with Crippen LogP contribution in [0.25, 0.3) is 0 Å². The van der Waals surface area contributed by atoms with E-state index in [1.54, 1.807) is 13.8 Å². The highest BCUT2D eigenvalue weighted by molar-refractivity contribution is 4.91. The minimum absolute atomic E-state index is 0.135. The molecule has 1 aromatic rings. The fraction of sp³-hybridized carbons (Fsp3) is 0.615. The first-order valence-corrected chi connectivity index (χ1v) is 6.38. The molecule has 106 valence electrons. The molecular formula is C13H21N3O3. The van der Waals surface area contributed by atoms with Gasteiger partial charge < -0.3 is 0 Å². The second-order valence-corrected chi connectivity index (χ2v) is 5.14. The molecule has 6 heteroatoms. The molecule has 1 rings (SSSR count). The summed E-state index contributed by atoms with van der Waals surface area (Å²) in [7, 11) is 0. The Balaban J connectivity index is 3.66. The second-order valence-electron chi connectivity index (χ2n) is 5.14. The minimum Gasteiger partial charge on any atom is -0.247 e. The van der Waals surface area contributed by atoms with Gasteiger partial charge in [-0.05, 0) is 19.8 Å². The number of nitrogens with zero attached hydrogens (tertiary/aromatic N) is 3. The van der Waals surface area contributed by atoms with Crippen LogP contribution in [0, 0.1) is 5.92 Å². The third kappa shape index (κ3) is 3.13. The van der Waals surface area contributed by atoms with Gasteiger partial charge in [0, 0.05) is 13.1 Å². The van der Waals surface area contributed by atoms with Gasteiger partial charge in [0.25, 0.3) is 0 Å². The van der Waals surface area contributed by atoms with Gasteiger partial charge in [-0.2, -0.15) is 0 Å². The van der Waals surface area contributed by atoms with Crippen LogP contribution < -0.4 is 17.1 Å². The fourth-order valence-electron chi connectivity index (χ4n) is 1.88. The molecule has 0 fully saturated rings. The zero-order valence-corrected chi connectivity index (χ0v) is 12.0. The summed E-state index contributed by atoms with van der Waals surface area (Å²) in [5, 5.41) is 0. The fourth-order valence-corrected chi connectivity index (χ4v) is 1.88. The standard InChI is InChI=1S/C13H21N3O3/c1-6-14-11(17)15(7-9(2)3)13(19)16(12(14)18)8-10(4)5/h10H,2,6-8H2,1,3-5H3. The Labute approximate surface area is 111 Å². The van der Waals surface area contributed by atoms with E-state index < -0.39 is 17.1 Å². The maximum Gasteiger partial charge on any atom is 0.336 e. The van der Waals surface area contributed by atoms with Crippen molar-refractivity contribution in [3.8, 4) is 0 Å². The Morgan fingerprint density at radius 1 is 1.05 bits per heavy atom. The van der Waals surface area contributed by atoms with Crippen molar-refractivity contribution in [1.29, 1.82) is 0 Å². The van der Waals surface area contributed by atoms with Crippen LogP contribution in [-0.4, -0.2) is 13.7 Å². The number of allylic oxidation sites excluding steroid dienone is 1. The molecule has 6 nitrogen and oxygen atoms in total. The summed E-state index contributed by atoms with van der Waals surface area (Å²) in [4.78, 5) is 36.4. The van der Waals surface area contributed by atoms with Crippen molar-refractivity contribution in [3.63, 3.8) is 0 Å². The highest BCUT2D eigenvalue weighted by Crippen LogP contribution is 1.93. The summed E-state index contributed by atoms with van der Waals surface area (Å²) in [5.74, 6) is 0.145. The Morgan fingerprint density at radius 3 is 1.95 bits per heavy atom. The van der Waals surface area contributed by atoms with Crippen LogP contribution >= 0.6 is 0 Å². The van der Waals surface area contributed by atoms with Gasteiger partial charge in [-0.25, -0.2) is 28.1 Å². The SMILES string of the molecule is C=C(C)Cn1c(=O)n(CC)c(=O)n(CC(C)C)c1=O. The Kier molecular flexibility index (Phi) is 4.69. The molecule has 0 aliphatic carbocycles. The molecule has 0 unspecified atom stereocenters. The first kappa shape index (κ1) is 15.2. The van der Waals surface area contributed by atoms with Gasteiger partial charge in [-0.1, -0.05) is 26.0 Å². The van der Waals surface area contributed by atoms with Crippen LogP contribution in [0.4, 0.5) is 0 Å². The van der Waals surface area contributed by atoms with Crippen LogP contribution in [-0.2, 0) is 19.6 Å². The molecule has 0 aromatic carbocycles. The molecule has 0 saturated carbocycles. The van der Waals surface area contributed by atoms with E-state index in [4.69, 9.17) is 0 Å². The monoisotopic (exact) mass is 267 g/mol. The van der Waals surface area contributed by atoms with Crippen molar-refractivity contribution in [2.75, 3.05) is 0 Å². The van der Waals surface area contributed by atoms with Gasteiger partial charge in [0.2, 0.25) is 0 Å². The van der Waals surface area contributed by atoms with Crippen molar-refractivity contribution in [3.05, 3.63) is 43.6 Å². The zero-order valence-electron chi connectivity index (χ0n) is 12.0. The molecule has 0 amide bonds. The number of rotatable bonds is 5. The van der Waals surface area contributed by atoms with Crippen LogP contribution in [0.1, 0.15) is 27.7 Å². The lowest BCUT2D eigenvalue weighted by atomic mass is 10.2. The zero-order chi connectivity index (χ0) is 14.7. The largest absolute Gasteiger partial charge is 0.336 e. The molecular weight excluding hydrogens is 246 g/mol. The Morgan fingerprint density at radius 2 is 1.53 bits per heavy atom. The van der Waals surface area contributed by atoms with E-state index in [1.807, 2.05) is 13.8 Å². The Bertz CT molecular complexity index is 647. The predicted octanol–water partition coefficient (Wildman–Crippen LogP) is 0.424. The maximum atomic E-state index is 12.2. The lowest BCUT2D eigenvalue weighted by Crippen LogP contribution is -2.54. The lowest BCUT2D eigenvalue weighted by Gasteiger charge is -2.14. The van der Waals surface area contributed by atoms with Gasteiger partial charge in [0.15, 0.2) is 0 Å². The second kappa shape index (κ2) is 5.86. The highest BCUT2D eigenvalue weighted by atomic mass is 16.2. The normalized spacial score (nSPS) is 11.0. The van der Waals surface area contributed by atoms with E-state index in [0.717, 1.165) is 13.7 Å². The van der Waals surface area contributed by atoms with E-state index in [-0.39, 0.29) is 19.0 Å². The van der Waals surface area contributed by atoms with Crippen LogP contribution in [0.2, 0.25) is 0 Å². The summed E-state index contributed by atoms with van der Waals surface area (Å²) in [5.41, 5.74) is -0.974. The minimum atomic E-state index is -0.569. The molecule has 0 spiro atoms. The average Bonchev–Trinajstić information content (AvgIpc) is 2.30. The van der Waals surface area contributed by atoms with E-state index in [2.05, 4.69) is 6.58 Å². The third-order valence-electron chi connectivity index (χ3n) is 2.68. The van der Waals surface area contributed by atoms with E-state index in [1.165, 1.54) is 0 Å². The van der Waals surface area contributed by atoms with Crippen molar-refractivity contribution in [1.82, 2.24) is 13.7 Å². The lowest BCUT2D eigenvalue weighted by molar-refractivity contribution is 0.420. The molecule has 0 saturated heterocycles. The molecule has 1 aromatic heterocycles. The third-order valence-corrected chi connectivity index (χ3v) is 2.68. The number of hydrogen-bond donors (Lipinski definition) is 0. The van der Waals surface area contributed by atoms with Crippen molar-refractivity contribution >= 4 is 0 Å². The molecule has 0 bridgehead atoms.